The first kappa shape index (κ1) is 16.7. The Balaban J connectivity index is 1.65. The van der Waals surface area contributed by atoms with Crippen molar-refractivity contribution in [1.82, 2.24) is 14.8 Å². The van der Waals surface area contributed by atoms with Gasteiger partial charge in [-0.1, -0.05) is 23.7 Å². The Hall–Kier alpha value is -0.660. The summed E-state index contributed by atoms with van der Waals surface area (Å²) in [6, 6.07) is 7.64. The van der Waals surface area contributed by atoms with Crippen LogP contribution in [0.1, 0.15) is 31.2 Å². The summed E-state index contributed by atoms with van der Waals surface area (Å²) in [5, 5.41) is 4.04. The number of halogens is 1. The van der Waals surface area contributed by atoms with E-state index in [4.69, 9.17) is 11.6 Å². The van der Waals surface area contributed by atoms with Gasteiger partial charge in [-0.05, 0) is 49.9 Å². The molecule has 0 bridgehead atoms. The highest BCUT2D eigenvalue weighted by atomic mass is 35.5. The molecule has 1 fully saturated rings. The van der Waals surface area contributed by atoms with Gasteiger partial charge in [-0.3, -0.25) is 0 Å². The molecule has 1 aliphatic rings. The monoisotopic (exact) mass is 331 g/mol. The molecule has 1 aromatic carbocycles. The van der Waals surface area contributed by atoms with Crippen LogP contribution >= 0.6 is 11.6 Å². The Morgan fingerprint density at radius 2 is 2.00 bits per heavy atom. The van der Waals surface area contributed by atoms with Gasteiger partial charge in [-0.15, -0.1) is 0 Å². The van der Waals surface area contributed by atoms with Crippen LogP contribution in [0.2, 0.25) is 5.02 Å². The van der Waals surface area contributed by atoms with Crippen LogP contribution in [-0.4, -0.2) is 27.5 Å². The molecule has 0 aliphatic carbocycles. The molecule has 21 heavy (non-hydrogen) atoms. The predicted molar refractivity (Wildman–Crippen MR) is 85.5 cm³/mol. The fourth-order valence-electron chi connectivity index (χ4n) is 2.39. The van der Waals surface area contributed by atoms with E-state index in [0.717, 1.165) is 24.9 Å². The maximum atomic E-state index is 11.8. The lowest BCUT2D eigenvalue weighted by Gasteiger charge is -2.11. The van der Waals surface area contributed by atoms with Gasteiger partial charge in [0.25, 0.3) is 10.2 Å². The van der Waals surface area contributed by atoms with Crippen LogP contribution < -0.4 is 14.8 Å². The van der Waals surface area contributed by atoms with Crippen molar-refractivity contribution in [2.75, 3.05) is 13.1 Å². The Morgan fingerprint density at radius 3 is 2.67 bits per heavy atom. The highest BCUT2D eigenvalue weighted by molar-refractivity contribution is 7.87. The molecule has 0 spiro atoms. The maximum absolute atomic E-state index is 11.8. The van der Waals surface area contributed by atoms with Crippen LogP contribution in [-0.2, 0) is 16.8 Å². The third-order valence-corrected chi connectivity index (χ3v) is 4.92. The first-order valence-electron chi connectivity index (χ1n) is 7.27. The number of nitrogens with one attached hydrogen (secondary N) is 3. The van der Waals surface area contributed by atoms with Crippen molar-refractivity contribution < 1.29 is 8.42 Å². The van der Waals surface area contributed by atoms with Crippen LogP contribution in [0.25, 0.3) is 0 Å². The number of hydrogen-bond acceptors (Lipinski definition) is 3. The quantitative estimate of drug-likeness (QED) is 0.636. The van der Waals surface area contributed by atoms with Gasteiger partial charge in [0.05, 0.1) is 0 Å². The topological polar surface area (TPSA) is 70.2 Å². The van der Waals surface area contributed by atoms with Gasteiger partial charge < -0.3 is 5.32 Å². The van der Waals surface area contributed by atoms with Gasteiger partial charge in [-0.2, -0.15) is 13.1 Å². The molecule has 2 rings (SSSR count). The van der Waals surface area contributed by atoms with E-state index in [0.29, 0.717) is 17.6 Å². The molecular formula is C14H22ClN3O2S. The first-order valence-corrected chi connectivity index (χ1v) is 9.13. The molecule has 0 saturated carbocycles. The molecule has 7 heteroatoms. The van der Waals surface area contributed by atoms with Gasteiger partial charge in [0.2, 0.25) is 0 Å². The number of rotatable bonds is 8. The van der Waals surface area contributed by atoms with Gasteiger partial charge in [0.15, 0.2) is 0 Å². The number of hydrogen-bond donors (Lipinski definition) is 3. The Labute approximate surface area is 131 Å². The Bertz CT molecular complexity index is 528. The minimum atomic E-state index is -3.44. The van der Waals surface area contributed by atoms with E-state index in [2.05, 4.69) is 14.8 Å². The van der Waals surface area contributed by atoms with Crippen LogP contribution in [0.5, 0.6) is 0 Å². The average Bonchev–Trinajstić information content (AvgIpc) is 2.96. The zero-order chi connectivity index (χ0) is 15.1. The zero-order valence-electron chi connectivity index (χ0n) is 11.9. The summed E-state index contributed by atoms with van der Waals surface area (Å²) in [6.45, 7) is 1.81. The van der Waals surface area contributed by atoms with Gasteiger partial charge >= 0.3 is 0 Å². The fourth-order valence-corrected chi connectivity index (χ4v) is 3.39. The third kappa shape index (κ3) is 6.32. The van der Waals surface area contributed by atoms with Crippen molar-refractivity contribution in [1.29, 1.82) is 0 Å². The van der Waals surface area contributed by atoms with Gasteiger partial charge in [0, 0.05) is 24.2 Å². The molecule has 0 unspecified atom stereocenters. The average molecular weight is 332 g/mol. The molecule has 5 nitrogen and oxygen atoms in total. The summed E-state index contributed by atoms with van der Waals surface area (Å²) in [6.07, 6.45) is 4.28. The van der Waals surface area contributed by atoms with Crippen molar-refractivity contribution in [3.8, 4) is 0 Å². The zero-order valence-corrected chi connectivity index (χ0v) is 13.5. The van der Waals surface area contributed by atoms with Crippen molar-refractivity contribution >= 4 is 21.8 Å². The van der Waals surface area contributed by atoms with Crippen molar-refractivity contribution in [3.63, 3.8) is 0 Å². The van der Waals surface area contributed by atoms with E-state index in [1.165, 1.54) is 12.8 Å². The Morgan fingerprint density at radius 1 is 1.24 bits per heavy atom. The van der Waals surface area contributed by atoms with E-state index in [9.17, 15) is 8.42 Å². The van der Waals surface area contributed by atoms with Crippen molar-refractivity contribution in [2.45, 2.75) is 38.3 Å². The maximum Gasteiger partial charge on any atom is 0.277 e. The molecule has 0 amide bonds. The van der Waals surface area contributed by atoms with Crippen LogP contribution in [0.15, 0.2) is 24.3 Å². The van der Waals surface area contributed by atoms with E-state index in [-0.39, 0.29) is 6.54 Å². The van der Waals surface area contributed by atoms with Gasteiger partial charge in [0.1, 0.15) is 0 Å². The fraction of sp³-hybridized carbons (Fsp3) is 0.571. The molecule has 1 atom stereocenters. The van der Waals surface area contributed by atoms with Crippen molar-refractivity contribution in [3.05, 3.63) is 34.9 Å². The highest BCUT2D eigenvalue weighted by Gasteiger charge is 2.14. The lowest BCUT2D eigenvalue weighted by molar-refractivity contribution is 0.523. The molecular weight excluding hydrogens is 310 g/mol. The van der Waals surface area contributed by atoms with Crippen molar-refractivity contribution in [2.24, 2.45) is 0 Å². The molecule has 3 N–H and O–H groups in total. The Kier molecular flexibility index (Phi) is 6.44. The highest BCUT2D eigenvalue weighted by Crippen LogP contribution is 2.10. The molecule has 1 aliphatic heterocycles. The van der Waals surface area contributed by atoms with E-state index >= 15 is 0 Å². The third-order valence-electron chi connectivity index (χ3n) is 3.56. The largest absolute Gasteiger partial charge is 0.314 e. The van der Waals surface area contributed by atoms with Crippen LogP contribution in [0, 0.1) is 0 Å². The summed E-state index contributed by atoms with van der Waals surface area (Å²) in [4.78, 5) is 0. The second-order valence-corrected chi connectivity index (χ2v) is 7.30. The summed E-state index contributed by atoms with van der Waals surface area (Å²) in [7, 11) is -3.44. The predicted octanol–water partition coefficient (Wildman–Crippen LogP) is 1.80. The molecule has 1 aromatic rings. The van der Waals surface area contributed by atoms with Crippen LogP contribution in [0.3, 0.4) is 0 Å². The number of benzene rings is 1. The van der Waals surface area contributed by atoms with Gasteiger partial charge in [-0.25, -0.2) is 4.72 Å². The second kappa shape index (κ2) is 8.10. The lowest BCUT2D eigenvalue weighted by Crippen LogP contribution is -2.37. The summed E-state index contributed by atoms with van der Waals surface area (Å²) in [5.41, 5.74) is 0.875. The summed E-state index contributed by atoms with van der Waals surface area (Å²) in [5.74, 6) is 0. The van der Waals surface area contributed by atoms with E-state index in [1.54, 1.807) is 24.3 Å². The van der Waals surface area contributed by atoms with Crippen LogP contribution in [0.4, 0.5) is 0 Å². The minimum absolute atomic E-state index is 0.261. The standard InChI is InChI=1S/C14H22ClN3O2S/c15-13-7-5-12(6-8-13)11-18-21(19,20)17-10-2-4-14-3-1-9-16-14/h5-8,14,16-18H,1-4,9-11H2/t14-/m0/s1. The normalized spacial score (nSPS) is 19.0. The minimum Gasteiger partial charge on any atom is -0.314 e. The van der Waals surface area contributed by atoms with E-state index < -0.39 is 10.2 Å². The van der Waals surface area contributed by atoms with E-state index in [1.807, 2.05) is 0 Å². The molecule has 1 heterocycles. The molecule has 1 saturated heterocycles. The summed E-state index contributed by atoms with van der Waals surface area (Å²) < 4.78 is 28.7. The molecule has 0 aromatic heterocycles. The lowest BCUT2D eigenvalue weighted by atomic mass is 10.1. The first-order chi connectivity index (χ1) is 10.1. The SMILES string of the molecule is O=S(=O)(NCCC[C@@H]1CCCN1)NCc1ccc(Cl)cc1. The smallest absolute Gasteiger partial charge is 0.277 e. The summed E-state index contributed by atoms with van der Waals surface area (Å²) >= 11 is 5.78. The second-order valence-electron chi connectivity index (χ2n) is 5.28. The molecule has 0 radical (unpaired) electrons. The molecule has 118 valence electrons.